The molecule has 13 heavy (non-hydrogen) atoms. The SMILES string of the molecule is S=c1[nH]cccc1Cc1cccs1. The van der Waals surface area contributed by atoms with E-state index >= 15 is 0 Å². The Labute approximate surface area is 86.1 Å². The third-order valence-electron chi connectivity index (χ3n) is 1.84. The molecular weight excluding hydrogens is 198 g/mol. The Morgan fingerprint density at radius 1 is 1.31 bits per heavy atom. The third-order valence-corrected chi connectivity index (χ3v) is 3.10. The van der Waals surface area contributed by atoms with Gasteiger partial charge in [-0.2, -0.15) is 0 Å². The monoisotopic (exact) mass is 207 g/mol. The smallest absolute Gasteiger partial charge is 0.106 e. The maximum absolute atomic E-state index is 5.17. The molecule has 0 bridgehead atoms. The number of pyridine rings is 1. The normalized spacial score (nSPS) is 10.2. The van der Waals surface area contributed by atoms with E-state index in [4.69, 9.17) is 12.2 Å². The number of H-pyrrole nitrogens is 1. The van der Waals surface area contributed by atoms with E-state index in [1.807, 2.05) is 12.3 Å². The van der Waals surface area contributed by atoms with Crippen LogP contribution in [0.2, 0.25) is 0 Å². The van der Waals surface area contributed by atoms with Crippen LogP contribution in [0.5, 0.6) is 0 Å². The molecule has 0 aliphatic rings. The lowest BCUT2D eigenvalue weighted by Gasteiger charge is -1.97. The molecule has 0 aliphatic heterocycles. The number of thiophene rings is 1. The van der Waals surface area contributed by atoms with Crippen molar-refractivity contribution in [3.05, 3.63) is 50.9 Å². The molecule has 2 aromatic rings. The molecule has 0 amide bonds. The highest BCUT2D eigenvalue weighted by Crippen LogP contribution is 2.14. The minimum absolute atomic E-state index is 0.843. The van der Waals surface area contributed by atoms with E-state index in [2.05, 4.69) is 28.6 Å². The van der Waals surface area contributed by atoms with E-state index in [9.17, 15) is 0 Å². The van der Waals surface area contributed by atoms with Crippen LogP contribution in [0.4, 0.5) is 0 Å². The van der Waals surface area contributed by atoms with Crippen molar-refractivity contribution in [3.63, 3.8) is 0 Å². The zero-order valence-corrected chi connectivity index (χ0v) is 8.62. The van der Waals surface area contributed by atoms with Crippen LogP contribution in [0, 0.1) is 4.64 Å². The van der Waals surface area contributed by atoms with Crippen molar-refractivity contribution in [2.75, 3.05) is 0 Å². The van der Waals surface area contributed by atoms with Gasteiger partial charge in [0.05, 0.1) is 0 Å². The molecule has 66 valence electrons. The number of nitrogens with one attached hydrogen (secondary N) is 1. The van der Waals surface area contributed by atoms with Crippen molar-refractivity contribution in [1.29, 1.82) is 0 Å². The Morgan fingerprint density at radius 2 is 2.23 bits per heavy atom. The molecule has 3 heteroatoms. The summed E-state index contributed by atoms with van der Waals surface area (Å²) in [6, 6.07) is 8.25. The summed E-state index contributed by atoms with van der Waals surface area (Å²) < 4.78 is 0.843. The fraction of sp³-hybridized carbons (Fsp3) is 0.100. The highest BCUT2D eigenvalue weighted by molar-refractivity contribution is 7.71. The number of aromatic amines is 1. The highest BCUT2D eigenvalue weighted by Gasteiger charge is 1.97. The predicted octanol–water partition coefficient (Wildman–Crippen LogP) is 3.40. The van der Waals surface area contributed by atoms with Gasteiger partial charge in [-0.1, -0.05) is 24.4 Å². The van der Waals surface area contributed by atoms with Gasteiger partial charge in [0, 0.05) is 17.5 Å². The van der Waals surface area contributed by atoms with E-state index < -0.39 is 0 Å². The van der Waals surface area contributed by atoms with Gasteiger partial charge < -0.3 is 4.98 Å². The summed E-state index contributed by atoms with van der Waals surface area (Å²) in [6.07, 6.45) is 2.80. The lowest BCUT2D eigenvalue weighted by molar-refractivity contribution is 1.15. The zero-order chi connectivity index (χ0) is 9.10. The summed E-state index contributed by atoms with van der Waals surface area (Å²) in [5.41, 5.74) is 1.19. The van der Waals surface area contributed by atoms with Crippen LogP contribution in [0.15, 0.2) is 35.8 Å². The second-order valence-corrected chi connectivity index (χ2v) is 4.22. The molecule has 1 nitrogen and oxygen atoms in total. The number of hydrogen-bond donors (Lipinski definition) is 1. The largest absolute Gasteiger partial charge is 0.353 e. The van der Waals surface area contributed by atoms with Gasteiger partial charge in [0.1, 0.15) is 4.64 Å². The quantitative estimate of drug-likeness (QED) is 0.746. The molecule has 0 saturated heterocycles. The van der Waals surface area contributed by atoms with Gasteiger partial charge in [-0.15, -0.1) is 11.3 Å². The summed E-state index contributed by atoms with van der Waals surface area (Å²) in [7, 11) is 0. The molecule has 0 atom stereocenters. The molecule has 0 radical (unpaired) electrons. The van der Waals surface area contributed by atoms with Crippen molar-refractivity contribution < 1.29 is 0 Å². The van der Waals surface area contributed by atoms with Crippen molar-refractivity contribution in [2.45, 2.75) is 6.42 Å². The molecule has 0 fully saturated rings. The van der Waals surface area contributed by atoms with Crippen LogP contribution in [-0.2, 0) is 6.42 Å². The van der Waals surface area contributed by atoms with E-state index in [1.165, 1.54) is 10.4 Å². The molecule has 2 rings (SSSR count). The maximum atomic E-state index is 5.17. The Balaban J connectivity index is 2.29. The van der Waals surface area contributed by atoms with Crippen LogP contribution in [0.1, 0.15) is 10.4 Å². The van der Waals surface area contributed by atoms with Gasteiger partial charge in [-0.05, 0) is 23.1 Å². The van der Waals surface area contributed by atoms with Crippen molar-refractivity contribution in [2.24, 2.45) is 0 Å². The van der Waals surface area contributed by atoms with Gasteiger partial charge in [0.15, 0.2) is 0 Å². The average Bonchev–Trinajstić information content (AvgIpc) is 2.61. The van der Waals surface area contributed by atoms with E-state index in [1.54, 1.807) is 11.3 Å². The average molecular weight is 207 g/mol. The van der Waals surface area contributed by atoms with E-state index in [-0.39, 0.29) is 0 Å². The van der Waals surface area contributed by atoms with Crippen LogP contribution in [-0.4, -0.2) is 4.98 Å². The first kappa shape index (κ1) is 8.66. The molecule has 0 spiro atoms. The molecule has 2 aromatic heterocycles. The van der Waals surface area contributed by atoms with Crippen LogP contribution in [0.3, 0.4) is 0 Å². The van der Waals surface area contributed by atoms with Gasteiger partial charge in [0.2, 0.25) is 0 Å². The van der Waals surface area contributed by atoms with Gasteiger partial charge in [-0.3, -0.25) is 0 Å². The highest BCUT2D eigenvalue weighted by atomic mass is 32.1. The Hall–Kier alpha value is -0.930. The standard InChI is InChI=1S/C10H9NS2/c12-10-8(3-1-5-11-10)7-9-4-2-6-13-9/h1-6H,7H2,(H,11,12). The minimum atomic E-state index is 0.843. The second kappa shape index (κ2) is 3.85. The van der Waals surface area contributed by atoms with E-state index in [0.29, 0.717) is 0 Å². The summed E-state index contributed by atoms with van der Waals surface area (Å²) in [6.45, 7) is 0. The van der Waals surface area contributed by atoms with Crippen LogP contribution in [0.25, 0.3) is 0 Å². The summed E-state index contributed by atoms with van der Waals surface area (Å²) in [5.74, 6) is 0. The number of rotatable bonds is 2. The summed E-state index contributed by atoms with van der Waals surface area (Å²) in [5, 5.41) is 2.09. The third kappa shape index (κ3) is 2.05. The Kier molecular flexibility index (Phi) is 2.57. The summed E-state index contributed by atoms with van der Waals surface area (Å²) >= 11 is 6.94. The second-order valence-electron chi connectivity index (χ2n) is 2.78. The molecule has 0 saturated carbocycles. The van der Waals surface area contributed by atoms with Gasteiger partial charge >= 0.3 is 0 Å². The van der Waals surface area contributed by atoms with Crippen molar-refractivity contribution >= 4 is 23.6 Å². The zero-order valence-electron chi connectivity index (χ0n) is 6.99. The fourth-order valence-electron chi connectivity index (χ4n) is 1.20. The summed E-state index contributed by atoms with van der Waals surface area (Å²) in [4.78, 5) is 4.38. The van der Waals surface area contributed by atoms with E-state index in [0.717, 1.165) is 11.1 Å². The molecule has 0 aliphatic carbocycles. The first-order valence-electron chi connectivity index (χ1n) is 4.05. The Bertz CT molecular complexity index is 428. The van der Waals surface area contributed by atoms with Crippen molar-refractivity contribution in [1.82, 2.24) is 4.98 Å². The maximum Gasteiger partial charge on any atom is 0.106 e. The minimum Gasteiger partial charge on any atom is -0.353 e. The molecule has 1 N–H and O–H groups in total. The molecular formula is C10H9NS2. The lowest BCUT2D eigenvalue weighted by atomic mass is 10.2. The van der Waals surface area contributed by atoms with Crippen LogP contribution < -0.4 is 0 Å². The number of hydrogen-bond acceptors (Lipinski definition) is 2. The van der Waals surface area contributed by atoms with Crippen LogP contribution >= 0.6 is 23.6 Å². The number of aromatic nitrogens is 1. The molecule has 0 aromatic carbocycles. The fourth-order valence-corrected chi connectivity index (χ4v) is 2.13. The molecule has 0 unspecified atom stereocenters. The van der Waals surface area contributed by atoms with Gasteiger partial charge in [0.25, 0.3) is 0 Å². The van der Waals surface area contributed by atoms with Crippen molar-refractivity contribution in [3.8, 4) is 0 Å². The first-order valence-corrected chi connectivity index (χ1v) is 5.34. The Morgan fingerprint density at radius 3 is 2.92 bits per heavy atom. The first-order chi connectivity index (χ1) is 6.36. The molecule has 2 heterocycles. The topological polar surface area (TPSA) is 15.8 Å². The van der Waals surface area contributed by atoms with Gasteiger partial charge in [-0.25, -0.2) is 0 Å². The lowest BCUT2D eigenvalue weighted by Crippen LogP contribution is -1.87. The predicted molar refractivity (Wildman–Crippen MR) is 58.8 cm³/mol.